The Morgan fingerprint density at radius 3 is 2.38 bits per heavy atom. The molecule has 0 heterocycles. The molecule has 0 aromatic rings. The molecule has 2 nitrogen and oxygen atoms in total. The molecule has 4 aliphatic rings. The molecule has 2 N–H and O–H groups in total. The molecule has 2 heteroatoms. The number of rotatable bonds is 2. The molecule has 24 heavy (non-hydrogen) atoms. The second-order valence-corrected chi connectivity index (χ2v) is 10.4. The average Bonchev–Trinajstić information content (AvgIpc) is 2.92. The molecule has 0 aromatic carbocycles. The highest BCUT2D eigenvalue weighted by Gasteiger charge is 2.60. The minimum Gasteiger partial charge on any atom is -0.393 e. The summed E-state index contributed by atoms with van der Waals surface area (Å²) in [5, 5.41) is 13.7. The Balaban J connectivity index is 1.59. The quantitative estimate of drug-likeness (QED) is 0.773. The van der Waals surface area contributed by atoms with Crippen molar-refractivity contribution in [2.24, 2.45) is 40.4 Å². The van der Waals surface area contributed by atoms with Gasteiger partial charge in [0.25, 0.3) is 0 Å². The Morgan fingerprint density at radius 2 is 1.62 bits per heavy atom. The maximum absolute atomic E-state index is 10.2. The van der Waals surface area contributed by atoms with Crippen LogP contribution >= 0.6 is 0 Å². The summed E-state index contributed by atoms with van der Waals surface area (Å²) in [7, 11) is 2.15. The van der Waals surface area contributed by atoms with Crippen molar-refractivity contribution in [3.63, 3.8) is 0 Å². The van der Waals surface area contributed by atoms with Crippen LogP contribution in [0.25, 0.3) is 0 Å². The zero-order chi connectivity index (χ0) is 17.1. The summed E-state index contributed by atoms with van der Waals surface area (Å²) in [4.78, 5) is 0. The molecule has 4 saturated carbocycles. The van der Waals surface area contributed by atoms with Gasteiger partial charge in [-0.05, 0) is 112 Å². The van der Waals surface area contributed by atoms with E-state index in [1.54, 1.807) is 0 Å². The molecule has 138 valence electrons. The van der Waals surface area contributed by atoms with Crippen LogP contribution in [0.3, 0.4) is 0 Å². The third kappa shape index (κ3) is 2.35. The van der Waals surface area contributed by atoms with Gasteiger partial charge in [0.15, 0.2) is 0 Å². The molecule has 9 atom stereocenters. The standard InChI is InChI=1S/C22H39NO/c1-14(23-4)18-7-8-19-17-6-5-15-13-16(24)9-11-21(15,2)20(17)10-12-22(18,19)3/h14-20,23-24H,5-13H2,1-4H3/t14-,15+,16+,17+,18-,19+,20-,21+,22-/m1/s1. The minimum atomic E-state index is -0.0131. The van der Waals surface area contributed by atoms with Crippen LogP contribution in [0.15, 0.2) is 0 Å². The lowest BCUT2D eigenvalue weighted by atomic mass is 9.44. The van der Waals surface area contributed by atoms with E-state index in [-0.39, 0.29) is 6.10 Å². The SMILES string of the molecule is CN[C@H](C)[C@H]1CC[C@H]2[C@@H]3CC[C@H]4C[C@@H](O)CC[C@]4(C)[C@@H]3CC[C@]12C. The van der Waals surface area contributed by atoms with Crippen LogP contribution in [0, 0.1) is 40.4 Å². The van der Waals surface area contributed by atoms with Gasteiger partial charge in [-0.1, -0.05) is 13.8 Å². The highest BCUT2D eigenvalue weighted by Crippen LogP contribution is 2.67. The van der Waals surface area contributed by atoms with E-state index in [0.717, 1.165) is 42.4 Å². The normalized spacial score (nSPS) is 55.4. The van der Waals surface area contributed by atoms with Crippen molar-refractivity contribution < 1.29 is 5.11 Å². The van der Waals surface area contributed by atoms with Crippen LogP contribution in [0.1, 0.15) is 78.6 Å². The van der Waals surface area contributed by atoms with Crippen LogP contribution in [-0.2, 0) is 0 Å². The predicted octanol–water partition coefficient (Wildman–Crippen LogP) is 4.61. The van der Waals surface area contributed by atoms with Crippen molar-refractivity contribution >= 4 is 0 Å². The highest BCUT2D eigenvalue weighted by atomic mass is 16.3. The zero-order valence-corrected chi connectivity index (χ0v) is 16.4. The molecule has 0 saturated heterocycles. The van der Waals surface area contributed by atoms with E-state index in [1.807, 2.05) is 0 Å². The molecular formula is C22H39NO. The first-order valence-corrected chi connectivity index (χ1v) is 10.8. The topological polar surface area (TPSA) is 32.3 Å². The van der Waals surface area contributed by atoms with Crippen molar-refractivity contribution in [3.05, 3.63) is 0 Å². The first kappa shape index (κ1) is 17.3. The maximum atomic E-state index is 10.2. The van der Waals surface area contributed by atoms with Crippen molar-refractivity contribution in [1.29, 1.82) is 0 Å². The van der Waals surface area contributed by atoms with Gasteiger partial charge >= 0.3 is 0 Å². The van der Waals surface area contributed by atoms with Gasteiger partial charge in [-0.3, -0.25) is 0 Å². The summed E-state index contributed by atoms with van der Waals surface area (Å²) < 4.78 is 0. The molecule has 0 bridgehead atoms. The Hall–Kier alpha value is -0.0800. The van der Waals surface area contributed by atoms with E-state index in [4.69, 9.17) is 0 Å². The molecule has 4 aliphatic carbocycles. The van der Waals surface area contributed by atoms with Crippen molar-refractivity contribution in [3.8, 4) is 0 Å². The molecule has 4 rings (SSSR count). The van der Waals surface area contributed by atoms with Gasteiger partial charge in [-0.2, -0.15) is 0 Å². The second-order valence-electron chi connectivity index (χ2n) is 10.4. The molecule has 4 fully saturated rings. The van der Waals surface area contributed by atoms with Gasteiger partial charge < -0.3 is 10.4 Å². The van der Waals surface area contributed by atoms with Crippen LogP contribution < -0.4 is 5.32 Å². The van der Waals surface area contributed by atoms with Gasteiger partial charge in [0, 0.05) is 6.04 Å². The lowest BCUT2D eigenvalue weighted by Crippen LogP contribution is -2.54. The maximum Gasteiger partial charge on any atom is 0.0543 e. The Bertz CT molecular complexity index is 479. The summed E-state index contributed by atoms with van der Waals surface area (Å²) in [6.45, 7) is 7.65. The van der Waals surface area contributed by atoms with E-state index in [9.17, 15) is 5.11 Å². The minimum absolute atomic E-state index is 0.0131. The lowest BCUT2D eigenvalue weighted by Gasteiger charge is -2.61. The third-order valence-corrected chi connectivity index (χ3v) is 9.77. The Labute approximate surface area is 149 Å². The van der Waals surface area contributed by atoms with E-state index in [2.05, 4.69) is 33.1 Å². The number of hydrogen-bond acceptors (Lipinski definition) is 2. The Morgan fingerprint density at radius 1 is 0.917 bits per heavy atom. The molecule has 0 aromatic heterocycles. The van der Waals surface area contributed by atoms with Gasteiger partial charge in [0.05, 0.1) is 6.10 Å². The lowest BCUT2D eigenvalue weighted by molar-refractivity contribution is -0.127. The van der Waals surface area contributed by atoms with Gasteiger partial charge in [0.1, 0.15) is 0 Å². The fourth-order valence-corrected chi connectivity index (χ4v) is 8.30. The number of fused-ring (bicyclic) bond motifs is 5. The number of hydrogen-bond donors (Lipinski definition) is 2. The molecule has 0 amide bonds. The highest BCUT2D eigenvalue weighted by molar-refractivity contribution is 5.10. The summed E-state index contributed by atoms with van der Waals surface area (Å²) in [5.74, 6) is 4.52. The smallest absolute Gasteiger partial charge is 0.0543 e. The van der Waals surface area contributed by atoms with Crippen molar-refractivity contribution in [2.75, 3.05) is 7.05 Å². The van der Waals surface area contributed by atoms with Crippen LogP contribution in [0.2, 0.25) is 0 Å². The summed E-state index contributed by atoms with van der Waals surface area (Å²) >= 11 is 0. The van der Waals surface area contributed by atoms with Crippen LogP contribution in [0.4, 0.5) is 0 Å². The second kappa shape index (κ2) is 5.98. The van der Waals surface area contributed by atoms with E-state index in [0.29, 0.717) is 16.9 Å². The monoisotopic (exact) mass is 333 g/mol. The molecule has 0 spiro atoms. The zero-order valence-electron chi connectivity index (χ0n) is 16.4. The summed E-state index contributed by atoms with van der Waals surface area (Å²) in [6.07, 6.45) is 12.0. The van der Waals surface area contributed by atoms with E-state index < -0.39 is 0 Å². The summed E-state index contributed by atoms with van der Waals surface area (Å²) in [6, 6.07) is 0.660. The van der Waals surface area contributed by atoms with E-state index >= 15 is 0 Å². The fourth-order valence-electron chi connectivity index (χ4n) is 8.30. The molecule has 0 unspecified atom stereocenters. The molecule has 0 radical (unpaired) electrons. The first-order chi connectivity index (χ1) is 11.4. The molecule has 0 aliphatic heterocycles. The largest absolute Gasteiger partial charge is 0.393 e. The van der Waals surface area contributed by atoms with E-state index in [1.165, 1.54) is 44.9 Å². The van der Waals surface area contributed by atoms with Gasteiger partial charge in [0.2, 0.25) is 0 Å². The van der Waals surface area contributed by atoms with Crippen LogP contribution in [0.5, 0.6) is 0 Å². The van der Waals surface area contributed by atoms with Crippen LogP contribution in [-0.4, -0.2) is 24.3 Å². The molecular weight excluding hydrogens is 294 g/mol. The van der Waals surface area contributed by atoms with Crippen molar-refractivity contribution in [2.45, 2.75) is 90.7 Å². The summed E-state index contributed by atoms with van der Waals surface area (Å²) in [5.41, 5.74) is 1.09. The number of aliphatic hydroxyl groups is 1. The number of nitrogens with one attached hydrogen (secondary N) is 1. The third-order valence-electron chi connectivity index (χ3n) is 9.77. The van der Waals surface area contributed by atoms with Gasteiger partial charge in [-0.15, -0.1) is 0 Å². The van der Waals surface area contributed by atoms with Crippen molar-refractivity contribution in [1.82, 2.24) is 5.32 Å². The fraction of sp³-hybridized carbons (Fsp3) is 1.00. The number of aliphatic hydroxyl groups excluding tert-OH is 1. The first-order valence-electron chi connectivity index (χ1n) is 10.8. The predicted molar refractivity (Wildman–Crippen MR) is 99.7 cm³/mol. The average molecular weight is 334 g/mol. The van der Waals surface area contributed by atoms with Gasteiger partial charge in [-0.25, -0.2) is 0 Å². The Kier molecular flexibility index (Phi) is 4.32.